The molecule has 2 aliphatic carbocycles. The topological polar surface area (TPSA) is 94.6 Å². The number of sulfone groups is 2. The number of carbonyl (C=O) groups is 1. The third kappa shape index (κ3) is 5.96. The molecule has 6 rings (SSSR count). The molecular weight excluding hydrogens is 628 g/mol. The van der Waals surface area contributed by atoms with Gasteiger partial charge in [-0.05, 0) is 85.3 Å². The quantitative estimate of drug-likeness (QED) is 0.208. The summed E-state index contributed by atoms with van der Waals surface area (Å²) in [5.74, 6) is -2.02. The highest BCUT2D eigenvalue weighted by molar-refractivity contribution is 7.92. The first kappa shape index (κ1) is 31.5. The highest BCUT2D eigenvalue weighted by Gasteiger charge is 2.56. The van der Waals surface area contributed by atoms with E-state index in [-0.39, 0.29) is 34.8 Å². The second-order valence-corrected chi connectivity index (χ2v) is 16.9. The van der Waals surface area contributed by atoms with Crippen molar-refractivity contribution in [1.82, 2.24) is 0 Å². The smallest absolute Gasteiger partial charge is 0.182 e. The first-order valence-corrected chi connectivity index (χ1v) is 18.5. The number of ketones is 1. The maximum Gasteiger partial charge on any atom is 0.182 e. The summed E-state index contributed by atoms with van der Waals surface area (Å²) < 4.78 is 63.2. The second kappa shape index (κ2) is 12.4. The first-order chi connectivity index (χ1) is 21.5. The number of aryl methyl sites for hydroxylation is 1. The number of rotatable bonds is 7. The fourth-order valence-electron chi connectivity index (χ4n) is 7.42. The molecule has 0 saturated heterocycles. The molecule has 45 heavy (non-hydrogen) atoms. The van der Waals surface area contributed by atoms with Crippen LogP contribution in [-0.4, -0.2) is 40.2 Å². The highest BCUT2D eigenvalue weighted by atomic mass is 35.5. The molecule has 0 aromatic heterocycles. The number of carbonyl (C=O) groups excluding carboxylic acids is 1. The van der Waals surface area contributed by atoms with E-state index in [4.69, 9.17) is 16.3 Å². The lowest BCUT2D eigenvalue weighted by Crippen LogP contribution is -2.53. The fraction of sp³-hybridized carbons (Fsp3) is 0.306. The Morgan fingerprint density at radius 2 is 1.36 bits per heavy atom. The number of fused-ring (bicyclic) bond motifs is 1. The van der Waals surface area contributed by atoms with Crippen molar-refractivity contribution in [1.29, 1.82) is 0 Å². The van der Waals surface area contributed by atoms with Crippen LogP contribution in [0.3, 0.4) is 0 Å². The van der Waals surface area contributed by atoms with Crippen molar-refractivity contribution >= 4 is 37.1 Å². The van der Waals surface area contributed by atoms with Crippen LogP contribution in [0.5, 0.6) is 5.75 Å². The maximum absolute atomic E-state index is 14.7. The van der Waals surface area contributed by atoms with Crippen molar-refractivity contribution in [3.63, 3.8) is 0 Å². The van der Waals surface area contributed by atoms with E-state index in [0.717, 1.165) is 11.1 Å². The standard InChI is InChI=1S/C36H35ClO6S2/c1-23-11-17-29(18-12-23)45(41,42)36-31(25-7-6-8-26(37)19-25)21-34(38)32-22-35(44(39,40)28-9-4-3-5-10-28)30(20-33(32)36)24-13-15-27(43-2)16-14-24/h3-19,30-33,35-36H,20-22H2,1-2H3. The first-order valence-electron chi connectivity index (χ1n) is 15.0. The molecule has 0 spiro atoms. The fourth-order valence-corrected chi connectivity index (χ4v) is 11.9. The third-order valence-corrected chi connectivity index (χ3v) is 14.4. The number of methoxy groups -OCH3 is 1. The molecule has 6 unspecified atom stereocenters. The van der Waals surface area contributed by atoms with Crippen LogP contribution in [0.15, 0.2) is 113 Å². The Kier molecular flexibility index (Phi) is 8.67. The predicted octanol–water partition coefficient (Wildman–Crippen LogP) is 7.21. The van der Waals surface area contributed by atoms with Gasteiger partial charge in [0.15, 0.2) is 19.7 Å². The molecule has 2 fully saturated rings. The van der Waals surface area contributed by atoms with Crippen molar-refractivity contribution < 1.29 is 26.4 Å². The molecule has 0 heterocycles. The van der Waals surface area contributed by atoms with Gasteiger partial charge in [0.2, 0.25) is 0 Å². The van der Waals surface area contributed by atoms with Gasteiger partial charge in [0, 0.05) is 29.2 Å². The van der Waals surface area contributed by atoms with Crippen LogP contribution in [0.4, 0.5) is 0 Å². The second-order valence-electron chi connectivity index (χ2n) is 12.2. The average Bonchev–Trinajstić information content (AvgIpc) is 3.04. The van der Waals surface area contributed by atoms with Crippen molar-refractivity contribution in [2.24, 2.45) is 11.8 Å². The van der Waals surface area contributed by atoms with Crippen LogP contribution in [-0.2, 0) is 24.5 Å². The van der Waals surface area contributed by atoms with Crippen LogP contribution in [0, 0.1) is 18.8 Å². The van der Waals surface area contributed by atoms with Gasteiger partial charge in [-0.15, -0.1) is 0 Å². The van der Waals surface area contributed by atoms with Gasteiger partial charge in [-0.3, -0.25) is 4.79 Å². The minimum Gasteiger partial charge on any atom is -0.497 e. The van der Waals surface area contributed by atoms with Crippen molar-refractivity contribution in [2.45, 2.75) is 58.3 Å². The molecule has 9 heteroatoms. The summed E-state index contributed by atoms with van der Waals surface area (Å²) in [4.78, 5) is 14.4. The van der Waals surface area contributed by atoms with Gasteiger partial charge in [-0.25, -0.2) is 16.8 Å². The molecule has 0 bridgehead atoms. The molecule has 6 atom stereocenters. The van der Waals surface area contributed by atoms with Gasteiger partial charge >= 0.3 is 0 Å². The summed E-state index contributed by atoms with van der Waals surface area (Å²) in [6.07, 6.45) is 0.245. The number of Topliss-reactive ketones (excluding diaryl/α,β-unsaturated/α-hetero) is 1. The van der Waals surface area contributed by atoms with Gasteiger partial charge in [-0.2, -0.15) is 0 Å². The Morgan fingerprint density at radius 3 is 2.00 bits per heavy atom. The van der Waals surface area contributed by atoms with E-state index in [1.54, 1.807) is 92.0 Å². The molecule has 4 aromatic carbocycles. The van der Waals surface area contributed by atoms with E-state index in [2.05, 4.69) is 0 Å². The van der Waals surface area contributed by atoms with Crippen LogP contribution >= 0.6 is 11.6 Å². The van der Waals surface area contributed by atoms with E-state index in [0.29, 0.717) is 16.3 Å². The summed E-state index contributed by atoms with van der Waals surface area (Å²) in [6.45, 7) is 1.90. The van der Waals surface area contributed by atoms with Crippen molar-refractivity contribution in [3.05, 3.63) is 125 Å². The van der Waals surface area contributed by atoms with Gasteiger partial charge in [0.05, 0.1) is 27.4 Å². The zero-order valence-electron chi connectivity index (χ0n) is 25.0. The van der Waals surface area contributed by atoms with Crippen molar-refractivity contribution in [3.8, 4) is 5.75 Å². The largest absolute Gasteiger partial charge is 0.497 e. The van der Waals surface area contributed by atoms with E-state index >= 15 is 0 Å². The molecule has 2 aliphatic rings. The molecule has 4 aromatic rings. The molecule has 0 amide bonds. The molecule has 0 N–H and O–H groups in total. The summed E-state index contributed by atoms with van der Waals surface area (Å²) in [5, 5.41) is -1.41. The minimum atomic E-state index is -3.97. The summed E-state index contributed by atoms with van der Waals surface area (Å²) in [7, 11) is -6.29. The Hall–Kier alpha value is -3.46. The highest BCUT2D eigenvalue weighted by Crippen LogP contribution is 2.54. The van der Waals surface area contributed by atoms with Gasteiger partial charge < -0.3 is 4.74 Å². The zero-order valence-corrected chi connectivity index (χ0v) is 27.4. The van der Waals surface area contributed by atoms with Crippen molar-refractivity contribution in [2.75, 3.05) is 7.11 Å². The lowest BCUT2D eigenvalue weighted by atomic mass is 9.61. The minimum absolute atomic E-state index is 0.0113. The zero-order chi connectivity index (χ0) is 31.9. The summed E-state index contributed by atoms with van der Waals surface area (Å²) in [6, 6.07) is 29.4. The molecule has 234 valence electrons. The van der Waals surface area contributed by atoms with Crippen LogP contribution in [0.2, 0.25) is 5.02 Å². The van der Waals surface area contributed by atoms with Gasteiger partial charge in [0.25, 0.3) is 0 Å². The van der Waals surface area contributed by atoms with Crippen LogP contribution < -0.4 is 4.74 Å². The lowest BCUT2D eigenvalue weighted by Gasteiger charge is -2.48. The van der Waals surface area contributed by atoms with Gasteiger partial charge in [0.1, 0.15) is 11.5 Å². The number of hydrogen-bond donors (Lipinski definition) is 0. The van der Waals surface area contributed by atoms with E-state index in [1.165, 1.54) is 0 Å². The Balaban J connectivity index is 1.51. The summed E-state index contributed by atoms with van der Waals surface area (Å²) >= 11 is 6.38. The summed E-state index contributed by atoms with van der Waals surface area (Å²) in [5.41, 5.74) is 2.39. The number of hydrogen-bond acceptors (Lipinski definition) is 6. The SMILES string of the molecule is COc1ccc(C2CC3C(CC2S(=O)(=O)c2ccccc2)C(=O)CC(c2cccc(Cl)c2)C3S(=O)(=O)c2ccc(C)cc2)cc1. The predicted molar refractivity (Wildman–Crippen MR) is 175 cm³/mol. The van der Waals surface area contributed by atoms with Crippen LogP contribution in [0.1, 0.15) is 47.8 Å². The molecule has 0 radical (unpaired) electrons. The molecule has 0 aliphatic heterocycles. The molecule has 6 nitrogen and oxygen atoms in total. The van der Waals surface area contributed by atoms with E-state index in [1.807, 2.05) is 25.1 Å². The number of ether oxygens (including phenoxy) is 1. The number of benzene rings is 4. The average molecular weight is 663 g/mol. The third-order valence-electron chi connectivity index (χ3n) is 9.63. The maximum atomic E-state index is 14.7. The Morgan fingerprint density at radius 1 is 0.689 bits per heavy atom. The number of halogens is 1. The van der Waals surface area contributed by atoms with E-state index < -0.39 is 53.8 Å². The van der Waals surface area contributed by atoms with Crippen LogP contribution in [0.25, 0.3) is 0 Å². The lowest BCUT2D eigenvalue weighted by molar-refractivity contribution is -0.128. The van der Waals surface area contributed by atoms with Gasteiger partial charge in [-0.1, -0.05) is 71.8 Å². The Labute approximate surface area is 270 Å². The van der Waals surface area contributed by atoms with E-state index in [9.17, 15) is 21.6 Å². The Bertz CT molecular complexity index is 1910. The monoisotopic (exact) mass is 662 g/mol. The molecule has 2 saturated carbocycles. The normalized spacial score (nSPS) is 25.4. The molecular formula is C36H35ClO6S2.